The van der Waals surface area contributed by atoms with Crippen LogP contribution in [0.3, 0.4) is 0 Å². The maximum Gasteiger partial charge on any atom is 0.370 e. The van der Waals surface area contributed by atoms with Crippen molar-refractivity contribution in [3.05, 3.63) is 71.1 Å². The van der Waals surface area contributed by atoms with Gasteiger partial charge in [-0.15, -0.1) is 5.56 Å². The molecule has 2 N–H and O–H groups in total. The molecule has 2 heterocycles. The van der Waals surface area contributed by atoms with E-state index in [4.69, 9.17) is 5.73 Å². The molecule has 180 valence electrons. The summed E-state index contributed by atoms with van der Waals surface area (Å²) in [5.41, 5.74) is 8.35. The van der Waals surface area contributed by atoms with Crippen molar-refractivity contribution in [2.45, 2.75) is 50.7 Å². The number of alkyl halides is 3. The summed E-state index contributed by atoms with van der Waals surface area (Å²) in [6.45, 7) is 0.583. The first-order valence-electron chi connectivity index (χ1n) is 10.9. The zero-order valence-electron chi connectivity index (χ0n) is 19.6. The fourth-order valence-electron chi connectivity index (χ4n) is 3.83. The number of rotatable bonds is 1. The van der Waals surface area contributed by atoms with Crippen LogP contribution in [0.5, 0.6) is 0 Å². The van der Waals surface area contributed by atoms with Crippen molar-refractivity contribution in [1.29, 1.82) is 0 Å². The molecule has 1 fully saturated rings. The second kappa shape index (κ2) is 14.8. The van der Waals surface area contributed by atoms with E-state index < -0.39 is 11.7 Å². The fraction of sp³-hybridized carbons (Fsp3) is 0.480. The van der Waals surface area contributed by atoms with Crippen LogP contribution in [0.4, 0.5) is 13.2 Å². The topological polar surface area (TPSA) is 51.4 Å². The molecular formula is C25H33F3N3OU-. The standard InChI is InChI=1S/C17H15F3N3.C6H12.C2H6O.U/c1-23-9-7-15(21)14-10-22-8-6-13(14)16(23)11-2-4-12(5-3-11)17(18,19)20;1-2-4-6-5-3-1;1-3-2;/h2,4-8,10,16H,9,21H2,1H3;1-6H2;1-2H3;/q-1;;;. The van der Waals surface area contributed by atoms with Crippen LogP contribution in [0.2, 0.25) is 0 Å². The molecule has 1 aliphatic heterocycles. The van der Waals surface area contributed by atoms with E-state index in [-0.39, 0.29) is 37.2 Å². The Bertz CT molecular complexity index is 841. The predicted molar refractivity (Wildman–Crippen MR) is 122 cm³/mol. The molecule has 0 spiro atoms. The maximum absolute atomic E-state index is 12.7. The van der Waals surface area contributed by atoms with Crippen molar-refractivity contribution < 1.29 is 49.0 Å². The van der Waals surface area contributed by atoms with Gasteiger partial charge in [0, 0.05) is 81.6 Å². The van der Waals surface area contributed by atoms with Crippen molar-refractivity contribution in [2.75, 3.05) is 27.8 Å². The molecule has 1 aliphatic carbocycles. The molecule has 0 radical (unpaired) electrons. The quantitative estimate of drug-likeness (QED) is 0.384. The summed E-state index contributed by atoms with van der Waals surface area (Å²) < 4.78 is 42.4. The summed E-state index contributed by atoms with van der Waals surface area (Å²) >= 11 is 0. The number of halogens is 3. The van der Waals surface area contributed by atoms with E-state index in [0.29, 0.717) is 17.8 Å². The van der Waals surface area contributed by atoms with Gasteiger partial charge in [0.05, 0.1) is 0 Å². The summed E-state index contributed by atoms with van der Waals surface area (Å²) in [6, 6.07) is 7.94. The molecule has 33 heavy (non-hydrogen) atoms. The monoisotopic (exact) mass is 686 g/mol. The molecule has 1 aromatic carbocycles. The van der Waals surface area contributed by atoms with E-state index in [1.807, 2.05) is 24.1 Å². The molecule has 0 amide bonds. The number of hydrogen-bond donors (Lipinski definition) is 1. The molecule has 2 aromatic rings. The van der Waals surface area contributed by atoms with E-state index in [2.05, 4.69) is 15.8 Å². The van der Waals surface area contributed by atoms with Crippen molar-refractivity contribution in [1.82, 2.24) is 9.88 Å². The second-order valence-electron chi connectivity index (χ2n) is 8.02. The number of likely N-dealkylation sites (N-methyl/N-ethyl adjacent to an activating group) is 1. The Kier molecular flexibility index (Phi) is 13.3. The third-order valence-electron chi connectivity index (χ3n) is 5.46. The van der Waals surface area contributed by atoms with Crippen LogP contribution < -0.4 is 5.73 Å². The first-order valence-corrected chi connectivity index (χ1v) is 10.9. The van der Waals surface area contributed by atoms with Gasteiger partial charge in [-0.3, -0.25) is 9.88 Å². The largest absolute Gasteiger partial charge is 0.398 e. The fourth-order valence-corrected chi connectivity index (χ4v) is 3.83. The minimum atomic E-state index is -4.36. The third kappa shape index (κ3) is 9.09. The molecule has 4 nitrogen and oxygen atoms in total. The van der Waals surface area contributed by atoms with Gasteiger partial charge in [0.25, 0.3) is 0 Å². The molecule has 0 saturated heterocycles. The molecule has 1 unspecified atom stereocenters. The summed E-state index contributed by atoms with van der Waals surface area (Å²) in [5, 5.41) is 0. The van der Waals surface area contributed by atoms with Crippen molar-refractivity contribution in [2.24, 2.45) is 5.73 Å². The predicted octanol–water partition coefficient (Wildman–Crippen LogP) is 5.84. The average molecular weight is 687 g/mol. The van der Waals surface area contributed by atoms with E-state index in [1.165, 1.54) is 44.6 Å². The van der Waals surface area contributed by atoms with Crippen LogP contribution in [0, 0.1) is 37.2 Å². The summed E-state index contributed by atoms with van der Waals surface area (Å²) in [7, 11) is 5.15. The molecule has 2 aliphatic rings. The number of nitrogens with two attached hydrogens (primary N) is 1. The van der Waals surface area contributed by atoms with Crippen LogP contribution in [0.1, 0.15) is 66.8 Å². The van der Waals surface area contributed by atoms with Crippen LogP contribution >= 0.6 is 0 Å². The zero-order valence-corrected chi connectivity index (χ0v) is 23.7. The number of hydrogen-bond acceptors (Lipinski definition) is 4. The molecular weight excluding hydrogens is 653 g/mol. The molecule has 4 rings (SSSR count). The number of fused-ring (bicyclic) bond motifs is 1. The number of pyridine rings is 1. The molecule has 0 bridgehead atoms. The Morgan fingerprint density at radius 3 is 2.12 bits per heavy atom. The van der Waals surface area contributed by atoms with E-state index in [0.717, 1.165) is 23.3 Å². The Hall–Kier alpha value is -1.33. The van der Waals surface area contributed by atoms with Crippen LogP contribution in [-0.4, -0.2) is 37.7 Å². The van der Waals surface area contributed by atoms with Gasteiger partial charge in [-0.1, -0.05) is 44.1 Å². The molecule has 1 atom stereocenters. The maximum atomic E-state index is 12.7. The number of ether oxygens (including phenoxy) is 1. The average Bonchev–Trinajstić information content (AvgIpc) is 2.92. The normalized spacial score (nSPS) is 18.1. The van der Waals surface area contributed by atoms with Gasteiger partial charge >= 0.3 is 6.18 Å². The van der Waals surface area contributed by atoms with Crippen LogP contribution in [0.15, 0.2) is 42.7 Å². The smallest absolute Gasteiger partial charge is 0.370 e. The van der Waals surface area contributed by atoms with Crippen molar-refractivity contribution in [3.63, 3.8) is 0 Å². The zero-order chi connectivity index (χ0) is 23.6. The van der Waals surface area contributed by atoms with Crippen LogP contribution in [-0.2, 0) is 10.9 Å². The van der Waals surface area contributed by atoms with E-state index >= 15 is 0 Å². The summed E-state index contributed by atoms with van der Waals surface area (Å²) in [6.07, 6.45) is 9.85. The van der Waals surface area contributed by atoms with Gasteiger partial charge in [0.15, 0.2) is 0 Å². The van der Waals surface area contributed by atoms with Crippen molar-refractivity contribution in [3.8, 4) is 0 Å². The second-order valence-corrected chi connectivity index (χ2v) is 8.02. The molecule has 8 heteroatoms. The van der Waals surface area contributed by atoms with Gasteiger partial charge in [0.1, 0.15) is 0 Å². The first kappa shape index (κ1) is 29.7. The van der Waals surface area contributed by atoms with E-state index in [9.17, 15) is 13.2 Å². The SMILES string of the molecule is C1CCCCC1.CN1CC=C(N)c2cnccc2C1c1[c-]cc(C(F)(F)F)cc1.COC.[U]. The number of aromatic nitrogens is 1. The van der Waals surface area contributed by atoms with Gasteiger partial charge in [-0.05, 0) is 24.8 Å². The Balaban J connectivity index is 0.000000460. The first-order chi connectivity index (χ1) is 15.3. The minimum absolute atomic E-state index is 0. The number of benzene rings is 1. The Labute approximate surface area is 219 Å². The van der Waals surface area contributed by atoms with Crippen molar-refractivity contribution >= 4 is 5.70 Å². The van der Waals surface area contributed by atoms with E-state index in [1.54, 1.807) is 26.6 Å². The van der Waals surface area contributed by atoms with Gasteiger partial charge < -0.3 is 10.5 Å². The van der Waals surface area contributed by atoms with Gasteiger partial charge in [-0.25, -0.2) is 0 Å². The Morgan fingerprint density at radius 2 is 1.64 bits per heavy atom. The van der Waals surface area contributed by atoms with Gasteiger partial charge in [-0.2, -0.15) is 37.4 Å². The third-order valence-corrected chi connectivity index (χ3v) is 5.46. The minimum Gasteiger partial charge on any atom is -0.398 e. The number of methoxy groups -OCH3 is 1. The Morgan fingerprint density at radius 1 is 1.06 bits per heavy atom. The summed E-state index contributed by atoms with van der Waals surface area (Å²) in [5.74, 6) is 0. The molecule has 1 aromatic heterocycles. The van der Waals surface area contributed by atoms with Crippen LogP contribution in [0.25, 0.3) is 5.70 Å². The molecule has 1 saturated carbocycles. The number of nitrogens with zero attached hydrogens (tertiary/aromatic N) is 2. The van der Waals surface area contributed by atoms with Gasteiger partial charge in [0.2, 0.25) is 0 Å². The summed E-state index contributed by atoms with van der Waals surface area (Å²) in [4.78, 5) is 6.10.